The van der Waals surface area contributed by atoms with Gasteiger partial charge in [-0.1, -0.05) is 125 Å². The largest absolute Gasteiger partial charge is 0.354 e. The van der Waals surface area contributed by atoms with Gasteiger partial charge in [0.25, 0.3) is 5.24 Å². The predicted molar refractivity (Wildman–Crippen MR) is 290 cm³/mol. The molecule has 0 fully saturated rings. The number of hydrogen-bond donors (Lipinski definition) is 2. The molecule has 2 N–H and O–H groups in total. The van der Waals surface area contributed by atoms with Crippen molar-refractivity contribution in [2.75, 3.05) is 0 Å². The molecule has 7 rings (SSSR count). The van der Waals surface area contributed by atoms with Gasteiger partial charge in [-0.3, -0.25) is 4.79 Å². The van der Waals surface area contributed by atoms with Gasteiger partial charge in [-0.2, -0.15) is 0 Å². The summed E-state index contributed by atoms with van der Waals surface area (Å²) in [5, 5.41) is -0.465. The van der Waals surface area contributed by atoms with E-state index in [2.05, 4.69) is 137 Å². The Kier molecular flexibility index (Phi) is 15.1. The number of benzene rings is 2. The molecular formula is C61H77ClN4O. The lowest BCUT2D eigenvalue weighted by molar-refractivity contribution is 0.108. The summed E-state index contributed by atoms with van der Waals surface area (Å²) in [6.45, 7) is 32.3. The number of aromatic nitrogens is 4. The Bertz CT molecular complexity index is 2760. The first-order valence-electron chi connectivity index (χ1n) is 25.5. The van der Waals surface area contributed by atoms with Gasteiger partial charge in [-0.25, -0.2) is 9.97 Å². The van der Waals surface area contributed by atoms with Crippen LogP contribution in [0.15, 0.2) is 54.6 Å². The number of rotatable bonds is 15. The lowest BCUT2D eigenvalue weighted by Gasteiger charge is -2.26. The van der Waals surface area contributed by atoms with E-state index in [1.807, 2.05) is 24.3 Å². The zero-order valence-corrected chi connectivity index (χ0v) is 44.1. The Morgan fingerprint density at radius 3 is 1.31 bits per heavy atom. The van der Waals surface area contributed by atoms with Gasteiger partial charge in [-0.15, -0.1) is 0 Å². The summed E-state index contributed by atoms with van der Waals surface area (Å²) in [5.74, 6) is 0. The second-order valence-electron chi connectivity index (χ2n) is 21.5. The zero-order chi connectivity index (χ0) is 48.5. The third-order valence-electron chi connectivity index (χ3n) is 14.5. The minimum Gasteiger partial charge on any atom is -0.354 e. The fraction of sp³-hybridized carbons (Fsp3) is 0.459. The molecule has 5 heterocycles. The topological polar surface area (TPSA) is 74.4 Å². The van der Waals surface area contributed by atoms with Gasteiger partial charge >= 0.3 is 0 Å². The van der Waals surface area contributed by atoms with Gasteiger partial charge < -0.3 is 9.97 Å². The van der Waals surface area contributed by atoms with Crippen molar-refractivity contribution < 1.29 is 4.79 Å². The van der Waals surface area contributed by atoms with E-state index in [-0.39, 0.29) is 10.8 Å². The van der Waals surface area contributed by atoms with Gasteiger partial charge in [0.1, 0.15) is 0 Å². The molecule has 0 unspecified atom stereocenters. The summed E-state index contributed by atoms with van der Waals surface area (Å²) in [7, 11) is 0. The number of unbranched alkanes of at least 4 members (excludes halogenated alkanes) is 4. The van der Waals surface area contributed by atoms with E-state index in [1.54, 1.807) is 0 Å². The number of carbonyl (C=O) groups is 1. The van der Waals surface area contributed by atoms with Gasteiger partial charge in [0, 0.05) is 27.7 Å². The summed E-state index contributed by atoms with van der Waals surface area (Å²) in [6, 6.07) is 19.8. The Morgan fingerprint density at radius 2 is 0.940 bits per heavy atom. The molecule has 0 amide bonds. The quantitative estimate of drug-likeness (QED) is 0.103. The maximum atomic E-state index is 12.4. The van der Waals surface area contributed by atoms with Crippen molar-refractivity contribution in [3.63, 3.8) is 0 Å². The Hall–Kier alpha value is -5.00. The fourth-order valence-electron chi connectivity index (χ4n) is 10.2. The van der Waals surface area contributed by atoms with Crippen LogP contribution in [0.25, 0.3) is 66.6 Å². The second-order valence-corrected chi connectivity index (χ2v) is 21.9. The smallest absolute Gasteiger partial charge is 0.252 e. The fourth-order valence-corrected chi connectivity index (χ4v) is 10.3. The van der Waals surface area contributed by atoms with Crippen LogP contribution in [0.1, 0.15) is 214 Å². The van der Waals surface area contributed by atoms with E-state index in [0.29, 0.717) is 5.56 Å². The van der Waals surface area contributed by atoms with E-state index in [1.165, 1.54) is 77.8 Å². The summed E-state index contributed by atoms with van der Waals surface area (Å²) >= 11 is 6.03. The molecule has 0 aliphatic carbocycles. The molecule has 0 radical (unpaired) electrons. The van der Waals surface area contributed by atoms with Crippen LogP contribution in [0, 0.1) is 13.8 Å². The Morgan fingerprint density at radius 1 is 0.537 bits per heavy atom. The minimum atomic E-state index is -0.465. The first kappa shape index (κ1) is 49.9. The zero-order valence-electron chi connectivity index (χ0n) is 43.4. The first-order valence-corrected chi connectivity index (χ1v) is 25.9. The highest BCUT2D eigenvalue weighted by Gasteiger charge is 2.29. The average molecular weight is 918 g/mol. The van der Waals surface area contributed by atoms with Crippen molar-refractivity contribution >= 4 is 61.2 Å². The number of nitrogens with zero attached hydrogens (tertiary/aromatic N) is 2. The Balaban J connectivity index is 1.79. The van der Waals surface area contributed by atoms with Crippen LogP contribution in [-0.4, -0.2) is 25.2 Å². The van der Waals surface area contributed by atoms with Crippen molar-refractivity contribution in [3.05, 3.63) is 116 Å². The lowest BCUT2D eigenvalue weighted by Crippen LogP contribution is -2.16. The van der Waals surface area contributed by atoms with E-state index >= 15 is 0 Å². The molecule has 2 aliphatic rings. The molecule has 8 bridgehead atoms. The van der Waals surface area contributed by atoms with Gasteiger partial charge in [0.05, 0.1) is 33.8 Å². The number of allylic oxidation sites excluding steroid dienone is 4. The maximum absolute atomic E-state index is 12.4. The highest BCUT2D eigenvalue weighted by molar-refractivity contribution is 6.67. The SMILES string of the molecule is CCCCC1=C(C)c2nc1cc1[nH]c(c(C)c1CCCC)c(-c1cc(C(C)(C)C)cc(C(C)(C)C)c1)c1[nH]c(cc3nc(c2-c2ccc(C(=O)Cl)cc2)C(C)=C3CCCC)c(CCCC)c1C. The Labute approximate surface area is 407 Å². The van der Waals surface area contributed by atoms with Crippen LogP contribution in [0.4, 0.5) is 0 Å². The molecule has 5 aromatic rings. The van der Waals surface area contributed by atoms with Gasteiger partial charge in [0.2, 0.25) is 0 Å². The van der Waals surface area contributed by atoms with Crippen LogP contribution in [0.5, 0.6) is 0 Å². The molecule has 2 aliphatic heterocycles. The third kappa shape index (κ3) is 10.1. The molecule has 67 heavy (non-hydrogen) atoms. The van der Waals surface area contributed by atoms with Gasteiger partial charge in [-0.05, 0) is 193 Å². The lowest BCUT2D eigenvalue weighted by atomic mass is 9.78. The standard InChI is InChI=1S/C61H77ClN4O/c1-15-19-23-45-36(5)55-53(40-27-29-41(30-28-40)59(62)67)56-37(6)46(24-20-16-2)50(64-56)35-52-48(26-22-18-4)39(8)58(66-52)54(42-31-43(60(9,10)11)33-44(32-42)61(12,13)14)57-38(7)47(25-21-17-3)51(65-57)34-49(45)63-55/h27-35,65-66H,15-26H2,1-14H3. The van der Waals surface area contributed by atoms with E-state index < -0.39 is 5.24 Å². The monoisotopic (exact) mass is 917 g/mol. The number of H-pyrrole nitrogens is 2. The van der Waals surface area contributed by atoms with Crippen molar-refractivity contribution in [2.24, 2.45) is 0 Å². The summed E-state index contributed by atoms with van der Waals surface area (Å²) in [6.07, 6.45) is 12.5. The normalized spacial score (nSPS) is 13.4. The first-order chi connectivity index (χ1) is 31.8. The number of nitrogens with one attached hydrogen (secondary N) is 2. The molecule has 6 heteroatoms. The number of fused-ring (bicyclic) bond motifs is 8. The molecule has 0 spiro atoms. The van der Waals surface area contributed by atoms with Crippen LogP contribution in [0.2, 0.25) is 0 Å². The molecular weight excluding hydrogens is 840 g/mol. The number of carbonyl (C=O) groups excluding carboxylic acids is 1. The van der Waals surface area contributed by atoms with Crippen LogP contribution >= 0.6 is 11.6 Å². The van der Waals surface area contributed by atoms with Crippen LogP contribution in [0.3, 0.4) is 0 Å². The molecule has 354 valence electrons. The van der Waals surface area contributed by atoms with Crippen LogP contribution < -0.4 is 0 Å². The maximum Gasteiger partial charge on any atom is 0.252 e. The molecule has 0 saturated carbocycles. The van der Waals surface area contributed by atoms with E-state index in [4.69, 9.17) is 21.6 Å². The third-order valence-corrected chi connectivity index (χ3v) is 14.8. The number of aryl methyl sites for hydroxylation is 4. The molecule has 3 aromatic heterocycles. The molecule has 0 atom stereocenters. The number of hydrogen-bond acceptors (Lipinski definition) is 3. The van der Waals surface area contributed by atoms with Crippen molar-refractivity contribution in [1.29, 1.82) is 0 Å². The van der Waals surface area contributed by atoms with Gasteiger partial charge in [0.15, 0.2) is 0 Å². The van der Waals surface area contributed by atoms with Crippen molar-refractivity contribution in [3.8, 4) is 22.3 Å². The highest BCUT2D eigenvalue weighted by atomic mass is 35.5. The predicted octanol–water partition coefficient (Wildman–Crippen LogP) is 18.2. The summed E-state index contributed by atoms with van der Waals surface area (Å²) < 4.78 is 0. The van der Waals surface area contributed by atoms with E-state index in [0.717, 1.165) is 122 Å². The van der Waals surface area contributed by atoms with E-state index in [9.17, 15) is 4.79 Å². The van der Waals surface area contributed by atoms with Crippen molar-refractivity contribution in [1.82, 2.24) is 19.9 Å². The highest BCUT2D eigenvalue weighted by Crippen LogP contribution is 2.46. The average Bonchev–Trinajstić information content (AvgIpc) is 3.96. The second kappa shape index (κ2) is 20.3. The molecule has 5 nitrogen and oxygen atoms in total. The molecule has 0 saturated heterocycles. The van der Waals surface area contributed by atoms with Crippen LogP contribution in [-0.2, 0) is 23.7 Å². The minimum absolute atomic E-state index is 0.0534. The number of aromatic amines is 2. The summed E-state index contributed by atoms with van der Waals surface area (Å²) in [4.78, 5) is 32.1. The molecule has 2 aromatic carbocycles. The van der Waals surface area contributed by atoms with Crippen molar-refractivity contribution in [2.45, 2.75) is 185 Å². The summed E-state index contributed by atoms with van der Waals surface area (Å²) in [5.41, 5.74) is 26.2. The number of halogens is 1.